The molecule has 1 rings (SSSR count). The van der Waals surface area contributed by atoms with Crippen LogP contribution in [0.3, 0.4) is 0 Å². The first-order chi connectivity index (χ1) is 14.8. The summed E-state index contributed by atoms with van der Waals surface area (Å²) in [5, 5.41) is 52.0. The minimum absolute atomic E-state index is 0.146. The highest BCUT2D eigenvalue weighted by Crippen LogP contribution is 2.42. The van der Waals surface area contributed by atoms with Gasteiger partial charge < -0.3 is 40.3 Å². The van der Waals surface area contributed by atoms with E-state index in [4.69, 9.17) is 14.6 Å². The van der Waals surface area contributed by atoms with Crippen LogP contribution in [0, 0.1) is 5.92 Å². The van der Waals surface area contributed by atoms with Crippen molar-refractivity contribution in [3.05, 3.63) is 0 Å². The van der Waals surface area contributed by atoms with Gasteiger partial charge in [-0.05, 0) is 39.4 Å². The monoisotopic (exact) mass is 481 g/mol. The number of aliphatic hydroxyl groups excluding tert-OH is 4. The van der Waals surface area contributed by atoms with Crippen molar-refractivity contribution in [1.29, 1.82) is 0 Å². The zero-order chi connectivity index (χ0) is 24.5. The number of alkyl carbamates (subject to hydrolysis) is 1. The Morgan fingerprint density at radius 1 is 1.22 bits per heavy atom. The van der Waals surface area contributed by atoms with Gasteiger partial charge in [-0.3, -0.25) is 0 Å². The van der Waals surface area contributed by atoms with Crippen molar-refractivity contribution < 1.29 is 44.6 Å². The molecule has 0 aliphatic carbocycles. The van der Waals surface area contributed by atoms with E-state index in [2.05, 4.69) is 5.32 Å². The summed E-state index contributed by atoms with van der Waals surface area (Å²) in [7, 11) is 0. The van der Waals surface area contributed by atoms with Gasteiger partial charge in [0.25, 0.3) is 0 Å². The number of carbonyl (C=O) groups is 2. The van der Waals surface area contributed by atoms with Gasteiger partial charge in [-0.15, -0.1) is 11.8 Å². The number of hydrogen-bond acceptors (Lipinski definition) is 9. The van der Waals surface area contributed by atoms with Crippen molar-refractivity contribution in [2.75, 3.05) is 18.9 Å². The number of ether oxygens (including phenoxy) is 2. The van der Waals surface area contributed by atoms with Gasteiger partial charge in [0.15, 0.2) is 0 Å². The first-order valence-electron chi connectivity index (χ1n) is 11.0. The average Bonchev–Trinajstić information content (AvgIpc) is 2.69. The van der Waals surface area contributed by atoms with E-state index in [9.17, 15) is 30.0 Å². The minimum Gasteiger partial charge on any atom is -0.478 e. The smallest absolute Gasteiger partial charge is 0.407 e. The summed E-state index contributed by atoms with van der Waals surface area (Å²) < 4.78 is 10.9. The molecule has 0 bridgehead atoms. The predicted molar refractivity (Wildman–Crippen MR) is 119 cm³/mol. The Hall–Kier alpha value is -1.11. The summed E-state index contributed by atoms with van der Waals surface area (Å²) >= 11 is 1.05. The van der Waals surface area contributed by atoms with Crippen LogP contribution in [-0.2, 0) is 14.3 Å². The summed E-state index contributed by atoms with van der Waals surface area (Å²) in [4.78, 5) is 21.8. The molecule has 6 N–H and O–H groups in total. The summed E-state index contributed by atoms with van der Waals surface area (Å²) in [6.45, 7) is 6.76. The molecule has 1 fully saturated rings. The third-order valence-electron chi connectivity index (χ3n) is 5.25. The lowest BCUT2D eigenvalue weighted by Crippen LogP contribution is -2.59. The molecule has 1 aliphatic rings. The molecule has 0 aromatic carbocycles. The number of hydrogen-bond donors (Lipinski definition) is 6. The number of thioether (sulfide) groups is 1. The largest absolute Gasteiger partial charge is 0.478 e. The van der Waals surface area contributed by atoms with Crippen LogP contribution < -0.4 is 5.32 Å². The zero-order valence-corrected chi connectivity index (χ0v) is 20.1. The lowest BCUT2D eigenvalue weighted by molar-refractivity contribution is -0.212. The van der Waals surface area contributed by atoms with Crippen molar-refractivity contribution >= 4 is 23.8 Å². The van der Waals surface area contributed by atoms with Crippen molar-refractivity contribution in [3.8, 4) is 0 Å². The molecule has 10 nitrogen and oxygen atoms in total. The molecule has 0 spiro atoms. The van der Waals surface area contributed by atoms with Crippen LogP contribution in [0.5, 0.6) is 0 Å². The number of rotatable bonds is 12. The highest BCUT2D eigenvalue weighted by Gasteiger charge is 2.53. The minimum atomic E-state index is -1.75. The lowest BCUT2D eigenvalue weighted by Gasteiger charge is -2.45. The van der Waals surface area contributed by atoms with Gasteiger partial charge in [-0.1, -0.05) is 19.8 Å². The predicted octanol–water partition coefficient (Wildman–Crippen LogP) is 1.09. The summed E-state index contributed by atoms with van der Waals surface area (Å²) in [5.74, 6) is -1.42. The number of carboxylic acids is 1. The van der Waals surface area contributed by atoms with E-state index in [1.807, 2.05) is 0 Å². The van der Waals surface area contributed by atoms with Crippen LogP contribution in [0.1, 0.15) is 59.8 Å². The van der Waals surface area contributed by atoms with Crippen LogP contribution in [0.2, 0.25) is 0 Å². The normalized spacial score (nSPS) is 28.1. The molecule has 0 aromatic heterocycles. The number of aliphatic carboxylic acids is 1. The van der Waals surface area contributed by atoms with E-state index in [-0.39, 0.29) is 6.42 Å². The number of unbranched alkanes of at least 4 members (excludes halogenated alkanes) is 3. The van der Waals surface area contributed by atoms with Gasteiger partial charge in [0, 0.05) is 18.9 Å². The van der Waals surface area contributed by atoms with Crippen LogP contribution in [0.25, 0.3) is 0 Å². The van der Waals surface area contributed by atoms with Gasteiger partial charge in [-0.2, -0.15) is 0 Å². The van der Waals surface area contributed by atoms with Gasteiger partial charge in [0.1, 0.15) is 17.8 Å². The van der Waals surface area contributed by atoms with Crippen molar-refractivity contribution in [2.24, 2.45) is 5.92 Å². The first-order valence-corrected chi connectivity index (χ1v) is 12.0. The molecule has 1 aliphatic heterocycles. The maximum Gasteiger partial charge on any atom is 0.407 e. The third kappa shape index (κ3) is 9.03. The topological polar surface area (TPSA) is 166 Å². The second kappa shape index (κ2) is 13.0. The fourth-order valence-electron chi connectivity index (χ4n) is 3.38. The molecular weight excluding hydrogens is 442 g/mol. The van der Waals surface area contributed by atoms with Crippen LogP contribution in [-0.4, -0.2) is 91.4 Å². The third-order valence-corrected chi connectivity index (χ3v) is 6.64. The number of amides is 1. The van der Waals surface area contributed by atoms with E-state index < -0.39 is 59.5 Å². The van der Waals surface area contributed by atoms with E-state index >= 15 is 0 Å². The van der Waals surface area contributed by atoms with Crippen LogP contribution in [0.4, 0.5) is 4.79 Å². The second-order valence-electron chi connectivity index (χ2n) is 9.20. The fourth-order valence-corrected chi connectivity index (χ4v) is 4.65. The molecule has 0 radical (unpaired) electrons. The first kappa shape index (κ1) is 28.9. The maximum atomic E-state index is 12.0. The Kier molecular flexibility index (Phi) is 11.7. The number of carboxylic acid groups (broad SMARTS) is 1. The molecule has 0 aromatic rings. The Labute approximate surface area is 193 Å². The molecule has 1 amide bonds. The molecule has 1 saturated heterocycles. The second-order valence-corrected chi connectivity index (χ2v) is 10.6. The van der Waals surface area contributed by atoms with Gasteiger partial charge in [-0.25, -0.2) is 9.59 Å². The highest BCUT2D eigenvalue weighted by atomic mass is 32.2. The highest BCUT2D eigenvalue weighted by molar-refractivity contribution is 8.01. The van der Waals surface area contributed by atoms with Gasteiger partial charge in [0.05, 0.1) is 18.8 Å². The maximum absolute atomic E-state index is 12.0. The molecule has 6 atom stereocenters. The zero-order valence-electron chi connectivity index (χ0n) is 19.3. The summed E-state index contributed by atoms with van der Waals surface area (Å²) in [6, 6.07) is 0. The van der Waals surface area contributed by atoms with E-state index in [1.54, 1.807) is 27.7 Å². The van der Waals surface area contributed by atoms with Crippen molar-refractivity contribution in [1.82, 2.24) is 5.32 Å². The van der Waals surface area contributed by atoms with E-state index in [0.29, 0.717) is 18.7 Å². The van der Waals surface area contributed by atoms with Gasteiger partial charge >= 0.3 is 12.1 Å². The van der Waals surface area contributed by atoms with E-state index in [1.165, 1.54) is 0 Å². The molecule has 1 unspecified atom stereocenters. The Balaban J connectivity index is 2.47. The quantitative estimate of drug-likeness (QED) is 0.222. The van der Waals surface area contributed by atoms with Crippen LogP contribution in [0.15, 0.2) is 0 Å². The standard InChI is InChI=1S/C21H39NO9S/c1-13-14(24)11-21(18(27)28,30-17(13)16(26)15(25)12-23)32-10-8-6-5-7-9-22-19(29)31-20(2,3)4/h13-17,23-26H,5-12H2,1-4H3,(H,22,29)(H,27,28)/t13-,14+,15-,16-,17?,21+/m1/s1. The van der Waals surface area contributed by atoms with Crippen LogP contribution >= 0.6 is 11.8 Å². The van der Waals surface area contributed by atoms with Crippen molar-refractivity contribution in [3.63, 3.8) is 0 Å². The number of carbonyl (C=O) groups excluding carboxylic acids is 1. The van der Waals surface area contributed by atoms with E-state index in [0.717, 1.165) is 31.0 Å². The number of aliphatic hydroxyl groups is 4. The molecule has 188 valence electrons. The molecule has 32 heavy (non-hydrogen) atoms. The molecular formula is C21H39NO9S. The summed E-state index contributed by atoms with van der Waals surface area (Å²) in [6.07, 6.45) is -2.70. The van der Waals surface area contributed by atoms with Gasteiger partial charge in [0.2, 0.25) is 4.93 Å². The van der Waals surface area contributed by atoms with Crippen molar-refractivity contribution in [2.45, 2.75) is 94.7 Å². The summed E-state index contributed by atoms with van der Waals surface area (Å²) in [5.41, 5.74) is -0.542. The Morgan fingerprint density at radius 2 is 1.84 bits per heavy atom. The SMILES string of the molecule is C[C@H]1C([C@H](O)[C@H](O)CO)O[C@@](SCCCCCCNC(=O)OC(C)(C)C)(C(=O)O)C[C@@H]1O. The molecule has 0 saturated carbocycles. The Morgan fingerprint density at radius 3 is 2.41 bits per heavy atom. The lowest BCUT2D eigenvalue weighted by atomic mass is 9.85. The number of nitrogens with one attached hydrogen (secondary N) is 1. The molecule has 11 heteroatoms. The fraction of sp³-hybridized carbons (Fsp3) is 0.905. The average molecular weight is 482 g/mol. The Bertz CT molecular complexity index is 600. The molecule has 1 heterocycles.